The lowest BCUT2D eigenvalue weighted by Gasteiger charge is -2.18. The van der Waals surface area contributed by atoms with Crippen LogP contribution >= 0.6 is 15.9 Å². The van der Waals surface area contributed by atoms with Crippen molar-refractivity contribution in [2.75, 3.05) is 0 Å². The molecule has 1 amide bonds. The highest BCUT2D eigenvalue weighted by molar-refractivity contribution is 9.10. The average molecular weight is 407 g/mol. The Labute approximate surface area is 161 Å². The van der Waals surface area contributed by atoms with Crippen molar-refractivity contribution in [3.8, 4) is 0 Å². The number of hydrogen-bond donors (Lipinski definition) is 1. The van der Waals surface area contributed by atoms with Gasteiger partial charge in [0.15, 0.2) is 0 Å². The quantitative estimate of drug-likeness (QED) is 0.447. The number of nitrogens with one attached hydrogen (secondary N) is 1. The molecule has 0 spiro atoms. The number of rotatable bonds is 5. The molecule has 0 atom stereocenters. The molecule has 26 heavy (non-hydrogen) atoms. The van der Waals surface area contributed by atoms with Gasteiger partial charge in [-0.25, -0.2) is 5.43 Å². The van der Waals surface area contributed by atoms with Gasteiger partial charge in [-0.05, 0) is 46.1 Å². The molecule has 130 valence electrons. The maximum Gasteiger partial charge on any atom is 0.272 e. The Morgan fingerprint density at radius 2 is 1.35 bits per heavy atom. The highest BCUT2D eigenvalue weighted by atomic mass is 79.9. The van der Waals surface area contributed by atoms with Crippen LogP contribution in [0.25, 0.3) is 0 Å². The van der Waals surface area contributed by atoms with Crippen LogP contribution in [0, 0.1) is 0 Å². The Kier molecular flexibility index (Phi) is 5.97. The first-order valence-corrected chi connectivity index (χ1v) is 9.15. The molecule has 0 saturated carbocycles. The van der Waals surface area contributed by atoms with Gasteiger partial charge in [-0.3, -0.25) is 4.79 Å². The van der Waals surface area contributed by atoms with Crippen LogP contribution in [0.1, 0.15) is 34.3 Å². The zero-order chi connectivity index (χ0) is 18.4. The molecule has 0 bridgehead atoms. The van der Waals surface area contributed by atoms with E-state index < -0.39 is 0 Å². The molecule has 3 aromatic rings. The number of halogens is 1. The fraction of sp³-hybridized carbons (Fsp3) is 0.0909. The van der Waals surface area contributed by atoms with Crippen LogP contribution in [-0.2, 0) is 0 Å². The van der Waals surface area contributed by atoms with E-state index in [9.17, 15) is 4.79 Å². The van der Waals surface area contributed by atoms with Gasteiger partial charge in [0.1, 0.15) is 0 Å². The minimum atomic E-state index is -0.239. The summed E-state index contributed by atoms with van der Waals surface area (Å²) in [5.74, 6) is -0.256. The standard InChI is InChI=1S/C22H19BrN2O/c1-16(24-25-22(26)19-14-8-9-15-20(19)23)21(17-10-4-2-5-11-17)18-12-6-3-7-13-18/h2-15,21H,1H3,(H,25,26)/b24-16+. The Morgan fingerprint density at radius 3 is 1.88 bits per heavy atom. The van der Waals surface area contributed by atoms with Gasteiger partial charge in [0.05, 0.1) is 5.56 Å². The lowest BCUT2D eigenvalue weighted by atomic mass is 9.88. The molecule has 1 N–H and O–H groups in total. The van der Waals surface area contributed by atoms with Crippen molar-refractivity contribution in [3.63, 3.8) is 0 Å². The molecular formula is C22H19BrN2O. The SMILES string of the molecule is C/C(=N\NC(=O)c1ccccc1Br)C(c1ccccc1)c1ccccc1. The maximum atomic E-state index is 12.4. The van der Waals surface area contributed by atoms with Crippen molar-refractivity contribution in [3.05, 3.63) is 106 Å². The number of amides is 1. The van der Waals surface area contributed by atoms with E-state index in [0.29, 0.717) is 5.56 Å². The smallest absolute Gasteiger partial charge is 0.267 e. The molecule has 4 heteroatoms. The molecule has 0 fully saturated rings. The number of nitrogens with zero attached hydrogens (tertiary/aromatic N) is 1. The Morgan fingerprint density at radius 1 is 0.846 bits per heavy atom. The van der Waals surface area contributed by atoms with Crippen molar-refractivity contribution < 1.29 is 4.79 Å². The second-order valence-corrected chi connectivity index (χ2v) is 6.78. The minimum absolute atomic E-state index is 0.0167. The lowest BCUT2D eigenvalue weighted by molar-refractivity contribution is 0.0954. The first-order valence-electron chi connectivity index (χ1n) is 8.36. The molecule has 0 aliphatic carbocycles. The van der Waals surface area contributed by atoms with Gasteiger partial charge in [-0.1, -0.05) is 72.8 Å². The van der Waals surface area contributed by atoms with E-state index in [1.165, 1.54) is 0 Å². The van der Waals surface area contributed by atoms with Crippen LogP contribution < -0.4 is 5.43 Å². The van der Waals surface area contributed by atoms with Gasteiger partial charge in [0, 0.05) is 16.1 Å². The summed E-state index contributed by atoms with van der Waals surface area (Å²) < 4.78 is 0.744. The zero-order valence-corrected chi connectivity index (χ0v) is 16.0. The minimum Gasteiger partial charge on any atom is -0.267 e. The molecule has 0 aromatic heterocycles. The Balaban J connectivity index is 1.88. The fourth-order valence-electron chi connectivity index (χ4n) is 2.87. The van der Waals surface area contributed by atoms with Crippen molar-refractivity contribution >= 4 is 27.5 Å². The van der Waals surface area contributed by atoms with Gasteiger partial charge in [0.25, 0.3) is 5.91 Å². The summed E-state index contributed by atoms with van der Waals surface area (Å²) in [5, 5.41) is 4.39. The maximum absolute atomic E-state index is 12.4. The number of carbonyl (C=O) groups excluding carboxylic acids is 1. The molecule has 0 aliphatic rings. The summed E-state index contributed by atoms with van der Waals surface area (Å²) in [6.45, 7) is 1.94. The summed E-state index contributed by atoms with van der Waals surface area (Å²) >= 11 is 3.40. The van der Waals surface area contributed by atoms with E-state index in [2.05, 4.69) is 50.7 Å². The first-order chi connectivity index (χ1) is 12.7. The molecule has 0 aliphatic heterocycles. The number of benzene rings is 3. The Bertz CT molecular complexity index is 868. The second kappa shape index (κ2) is 8.59. The van der Waals surface area contributed by atoms with Crippen LogP contribution in [-0.4, -0.2) is 11.6 Å². The predicted molar refractivity (Wildman–Crippen MR) is 109 cm³/mol. The summed E-state index contributed by atoms with van der Waals surface area (Å²) in [6, 6.07) is 27.6. The second-order valence-electron chi connectivity index (χ2n) is 5.93. The van der Waals surface area contributed by atoms with Crippen LogP contribution in [0.3, 0.4) is 0 Å². The number of carbonyl (C=O) groups is 1. The lowest BCUT2D eigenvalue weighted by Crippen LogP contribution is -2.22. The topological polar surface area (TPSA) is 41.5 Å². The van der Waals surface area contributed by atoms with E-state index >= 15 is 0 Å². The van der Waals surface area contributed by atoms with Crippen LogP contribution in [0.5, 0.6) is 0 Å². The van der Waals surface area contributed by atoms with Crippen molar-refractivity contribution in [2.45, 2.75) is 12.8 Å². The summed E-state index contributed by atoms with van der Waals surface area (Å²) in [5.41, 5.74) is 6.32. The van der Waals surface area contributed by atoms with Crippen molar-refractivity contribution in [1.29, 1.82) is 0 Å². The summed E-state index contributed by atoms with van der Waals surface area (Å²) in [4.78, 5) is 12.4. The van der Waals surface area contributed by atoms with Gasteiger partial charge in [0.2, 0.25) is 0 Å². The van der Waals surface area contributed by atoms with Crippen molar-refractivity contribution in [1.82, 2.24) is 5.43 Å². The van der Waals surface area contributed by atoms with E-state index in [1.807, 2.05) is 61.5 Å². The third-order valence-corrected chi connectivity index (χ3v) is 4.83. The molecule has 3 nitrogen and oxygen atoms in total. The number of hydrazone groups is 1. The van der Waals surface area contributed by atoms with Crippen LogP contribution in [0.4, 0.5) is 0 Å². The zero-order valence-electron chi connectivity index (χ0n) is 14.4. The monoisotopic (exact) mass is 406 g/mol. The number of hydrogen-bond acceptors (Lipinski definition) is 2. The molecule has 0 unspecified atom stereocenters. The molecule has 0 saturated heterocycles. The summed E-state index contributed by atoms with van der Waals surface area (Å²) in [6.07, 6.45) is 0. The van der Waals surface area contributed by atoms with Crippen LogP contribution in [0.15, 0.2) is 94.5 Å². The van der Waals surface area contributed by atoms with Gasteiger partial charge in [-0.2, -0.15) is 5.10 Å². The first kappa shape index (κ1) is 18.1. The third-order valence-electron chi connectivity index (χ3n) is 4.14. The molecule has 0 radical (unpaired) electrons. The molecular weight excluding hydrogens is 388 g/mol. The van der Waals surface area contributed by atoms with E-state index in [4.69, 9.17) is 0 Å². The van der Waals surface area contributed by atoms with Gasteiger partial charge < -0.3 is 0 Å². The molecule has 3 aromatic carbocycles. The van der Waals surface area contributed by atoms with E-state index in [1.54, 1.807) is 6.07 Å². The Hall–Kier alpha value is -2.72. The largest absolute Gasteiger partial charge is 0.272 e. The highest BCUT2D eigenvalue weighted by Gasteiger charge is 2.18. The molecule has 3 rings (SSSR count). The van der Waals surface area contributed by atoms with E-state index in [0.717, 1.165) is 21.3 Å². The summed E-state index contributed by atoms with van der Waals surface area (Å²) in [7, 11) is 0. The highest BCUT2D eigenvalue weighted by Crippen LogP contribution is 2.26. The predicted octanol–water partition coefficient (Wildman–Crippen LogP) is 5.39. The molecule has 0 heterocycles. The average Bonchev–Trinajstić information content (AvgIpc) is 2.68. The van der Waals surface area contributed by atoms with Crippen LogP contribution in [0.2, 0.25) is 0 Å². The fourth-order valence-corrected chi connectivity index (χ4v) is 3.34. The third kappa shape index (κ3) is 4.27. The van der Waals surface area contributed by atoms with Gasteiger partial charge in [-0.15, -0.1) is 0 Å². The van der Waals surface area contributed by atoms with E-state index in [-0.39, 0.29) is 11.8 Å². The van der Waals surface area contributed by atoms with Crippen molar-refractivity contribution in [2.24, 2.45) is 5.10 Å². The van der Waals surface area contributed by atoms with Gasteiger partial charge >= 0.3 is 0 Å². The normalized spacial score (nSPS) is 11.4.